The highest BCUT2D eigenvalue weighted by Crippen LogP contribution is 1.65. The van der Waals surface area contributed by atoms with E-state index in [4.69, 9.17) is 0 Å². The summed E-state index contributed by atoms with van der Waals surface area (Å²) in [6.07, 6.45) is 0. The van der Waals surface area contributed by atoms with Crippen molar-refractivity contribution in [3.63, 3.8) is 0 Å². The second kappa shape index (κ2) is 3.30. The molecule has 0 bridgehead atoms. The van der Waals surface area contributed by atoms with E-state index in [-0.39, 0.29) is 0 Å². The van der Waals surface area contributed by atoms with E-state index in [0.717, 1.165) is 0 Å². The maximum absolute atomic E-state index is 9.64. The maximum Gasteiger partial charge on any atom is 0.0792 e. The van der Waals surface area contributed by atoms with Gasteiger partial charge in [-0.3, -0.25) is 0 Å². The zero-order valence-corrected chi connectivity index (χ0v) is 5.94. The summed E-state index contributed by atoms with van der Waals surface area (Å²) in [5.74, 6) is 0. The quantitative estimate of drug-likeness (QED) is 0.352. The monoisotopic (exact) mass is 120 g/mol. The summed E-state index contributed by atoms with van der Waals surface area (Å²) < 4.78 is 9.64. The predicted octanol–water partition coefficient (Wildman–Crippen LogP) is 0.0275. The fourth-order valence-electron chi connectivity index (χ4n) is 0.111. The molecule has 0 aliphatic rings. The SMILES string of the molecule is C[SiH](C)C=S=O. The molecule has 0 N–H and O–H groups in total. The van der Waals surface area contributed by atoms with Crippen LogP contribution in [0.25, 0.3) is 0 Å². The highest BCUT2D eigenvalue weighted by atomic mass is 32.1. The van der Waals surface area contributed by atoms with Crippen molar-refractivity contribution in [2.24, 2.45) is 0 Å². The van der Waals surface area contributed by atoms with Crippen LogP contribution in [0.5, 0.6) is 0 Å². The lowest BCUT2D eigenvalue weighted by Gasteiger charge is -1.78. The van der Waals surface area contributed by atoms with Crippen LogP contribution in [-0.4, -0.2) is 18.0 Å². The van der Waals surface area contributed by atoms with E-state index in [1.54, 1.807) is 4.99 Å². The maximum atomic E-state index is 9.64. The molecule has 0 fully saturated rings. The van der Waals surface area contributed by atoms with Crippen molar-refractivity contribution in [3.05, 3.63) is 0 Å². The van der Waals surface area contributed by atoms with Crippen molar-refractivity contribution in [3.8, 4) is 0 Å². The average Bonchev–Trinajstić information content (AvgIpc) is 1.35. The lowest BCUT2D eigenvalue weighted by molar-refractivity contribution is 0.701. The summed E-state index contributed by atoms with van der Waals surface area (Å²) >= 11 is 0.596. The Morgan fingerprint density at radius 2 is 2.17 bits per heavy atom. The van der Waals surface area contributed by atoms with Gasteiger partial charge in [0, 0.05) is 0 Å². The molecule has 0 aromatic heterocycles. The van der Waals surface area contributed by atoms with Crippen molar-refractivity contribution in [1.29, 1.82) is 0 Å². The molecule has 0 saturated carbocycles. The first-order valence-electron chi connectivity index (χ1n) is 1.89. The molecule has 3 heteroatoms. The molecule has 0 radical (unpaired) electrons. The standard InChI is InChI=1S/C3H8OSSi/c1-6(2)3-5-4/h3,6H,1-2H3. The minimum Gasteiger partial charge on any atom is -0.213 e. The van der Waals surface area contributed by atoms with Crippen LogP contribution in [0.15, 0.2) is 0 Å². The van der Waals surface area contributed by atoms with E-state index in [9.17, 15) is 4.21 Å². The molecule has 0 spiro atoms. The Bertz CT molecular complexity index is 74.9. The molecule has 0 aromatic rings. The summed E-state index contributed by atoms with van der Waals surface area (Å²) in [5, 5.41) is 0. The lowest BCUT2D eigenvalue weighted by atomic mass is 11.8. The Balaban J connectivity index is 3.29. The molecule has 0 aromatic carbocycles. The summed E-state index contributed by atoms with van der Waals surface area (Å²) in [6.45, 7) is 4.23. The lowest BCUT2D eigenvalue weighted by Crippen LogP contribution is -1.99. The van der Waals surface area contributed by atoms with Gasteiger partial charge < -0.3 is 0 Å². The second-order valence-corrected chi connectivity index (χ2v) is 5.25. The van der Waals surface area contributed by atoms with Gasteiger partial charge in [-0.25, -0.2) is 4.21 Å². The van der Waals surface area contributed by atoms with Crippen molar-refractivity contribution in [1.82, 2.24) is 0 Å². The third-order valence-corrected chi connectivity index (χ3v) is 2.95. The Kier molecular flexibility index (Phi) is 3.36. The minimum atomic E-state index is -0.645. The van der Waals surface area contributed by atoms with Crippen LogP contribution >= 0.6 is 0 Å². The summed E-state index contributed by atoms with van der Waals surface area (Å²) in [6, 6.07) is 0. The zero-order chi connectivity index (χ0) is 4.99. The third-order valence-electron chi connectivity index (χ3n) is 0.328. The molecule has 0 unspecified atom stereocenters. The third kappa shape index (κ3) is 4.11. The van der Waals surface area contributed by atoms with Crippen LogP contribution in [-0.2, 0) is 11.3 Å². The second-order valence-electron chi connectivity index (χ2n) is 1.48. The average molecular weight is 120 g/mol. The molecule has 0 rings (SSSR count). The smallest absolute Gasteiger partial charge is 0.0792 e. The van der Waals surface area contributed by atoms with Crippen LogP contribution in [0.3, 0.4) is 0 Å². The van der Waals surface area contributed by atoms with Crippen molar-refractivity contribution in [2.45, 2.75) is 13.1 Å². The van der Waals surface area contributed by atoms with Crippen LogP contribution in [0.1, 0.15) is 0 Å². The van der Waals surface area contributed by atoms with Crippen molar-refractivity contribution < 1.29 is 4.21 Å². The van der Waals surface area contributed by atoms with Gasteiger partial charge in [-0.2, -0.15) is 0 Å². The predicted molar refractivity (Wildman–Crippen MR) is 33.1 cm³/mol. The van der Waals surface area contributed by atoms with Gasteiger partial charge in [0.05, 0.1) is 20.1 Å². The van der Waals surface area contributed by atoms with Gasteiger partial charge in [-0.05, 0) is 4.99 Å². The highest BCUT2D eigenvalue weighted by molar-refractivity contribution is 7.69. The molecule has 6 heavy (non-hydrogen) atoms. The normalized spacial score (nSPS) is 8.50. The Morgan fingerprint density at radius 3 is 2.17 bits per heavy atom. The molecule has 0 heterocycles. The minimum absolute atomic E-state index is 0.596. The summed E-state index contributed by atoms with van der Waals surface area (Å²) in [4.78, 5) is 1.79. The first kappa shape index (κ1) is 6.11. The van der Waals surface area contributed by atoms with Gasteiger partial charge in [-0.15, -0.1) is 0 Å². The van der Waals surface area contributed by atoms with E-state index in [0.29, 0.717) is 11.3 Å². The topological polar surface area (TPSA) is 17.1 Å². The molecule has 0 aliphatic heterocycles. The van der Waals surface area contributed by atoms with Crippen molar-refractivity contribution in [2.75, 3.05) is 0 Å². The molecule has 1 nitrogen and oxygen atoms in total. The first-order valence-corrected chi connectivity index (χ1v) is 5.67. The van der Waals surface area contributed by atoms with E-state index < -0.39 is 8.80 Å². The fourth-order valence-corrected chi connectivity index (χ4v) is 1.00. The largest absolute Gasteiger partial charge is 0.213 e. The van der Waals surface area contributed by atoms with Gasteiger partial charge in [-0.1, -0.05) is 13.1 Å². The van der Waals surface area contributed by atoms with Crippen LogP contribution < -0.4 is 0 Å². The summed E-state index contributed by atoms with van der Waals surface area (Å²) in [5.41, 5.74) is 0. The van der Waals surface area contributed by atoms with Crippen molar-refractivity contribution >= 4 is 25.0 Å². The van der Waals surface area contributed by atoms with Gasteiger partial charge in [0.2, 0.25) is 0 Å². The van der Waals surface area contributed by atoms with E-state index in [1.165, 1.54) is 0 Å². The number of hydrogen-bond acceptors (Lipinski definition) is 1. The molecule has 0 aliphatic carbocycles. The van der Waals surface area contributed by atoms with Crippen LogP contribution in [0.4, 0.5) is 0 Å². The zero-order valence-electron chi connectivity index (χ0n) is 3.97. The fraction of sp³-hybridized carbons (Fsp3) is 0.667. The highest BCUT2D eigenvalue weighted by Gasteiger charge is 1.81. The van der Waals surface area contributed by atoms with E-state index in [2.05, 4.69) is 13.1 Å². The molecular formula is C3H8OSSi. The Labute approximate surface area is 43.1 Å². The molecule has 36 valence electrons. The van der Waals surface area contributed by atoms with E-state index in [1.807, 2.05) is 0 Å². The van der Waals surface area contributed by atoms with Gasteiger partial charge >= 0.3 is 0 Å². The van der Waals surface area contributed by atoms with E-state index >= 15 is 0 Å². The molecule has 0 atom stereocenters. The van der Waals surface area contributed by atoms with Crippen LogP contribution in [0, 0.1) is 0 Å². The Morgan fingerprint density at radius 1 is 1.67 bits per heavy atom. The van der Waals surface area contributed by atoms with Gasteiger partial charge in [0.25, 0.3) is 0 Å². The number of hydrogen-bond donors (Lipinski definition) is 0. The Hall–Kier alpha value is 0.107. The first-order chi connectivity index (χ1) is 2.77. The molecule has 0 amide bonds. The van der Waals surface area contributed by atoms with Gasteiger partial charge in [0.1, 0.15) is 0 Å². The number of rotatable bonds is 1. The molecular weight excluding hydrogens is 112 g/mol. The van der Waals surface area contributed by atoms with Gasteiger partial charge in [0.15, 0.2) is 0 Å². The summed E-state index contributed by atoms with van der Waals surface area (Å²) in [7, 11) is -0.645. The van der Waals surface area contributed by atoms with Crippen LogP contribution in [0.2, 0.25) is 13.1 Å². The molecule has 0 saturated heterocycles.